The molecule has 0 aromatic carbocycles. The van der Waals surface area contributed by atoms with Crippen LogP contribution < -0.4 is 5.32 Å². The molecule has 0 bridgehead atoms. The van der Waals surface area contributed by atoms with Crippen LogP contribution in [0, 0.1) is 5.92 Å². The fourth-order valence-corrected chi connectivity index (χ4v) is 2.08. The van der Waals surface area contributed by atoms with E-state index >= 15 is 0 Å². The van der Waals surface area contributed by atoms with E-state index in [4.69, 9.17) is 0 Å². The molecule has 1 N–H and O–H groups in total. The highest BCUT2D eigenvalue weighted by molar-refractivity contribution is 7.99. The Morgan fingerprint density at radius 1 is 1.50 bits per heavy atom. The van der Waals surface area contributed by atoms with Gasteiger partial charge in [-0.1, -0.05) is 13.8 Å². The average Bonchev–Trinajstić information content (AvgIpc) is 2.34. The first-order valence-electron chi connectivity index (χ1n) is 4.00. The van der Waals surface area contributed by atoms with Crippen LogP contribution in [0.25, 0.3) is 0 Å². The van der Waals surface area contributed by atoms with Crippen LogP contribution in [-0.4, -0.2) is 24.1 Å². The lowest BCUT2D eigenvalue weighted by Crippen LogP contribution is -2.26. The fraction of sp³-hybridized carbons (Fsp3) is 1.00. The first kappa shape index (κ1) is 8.41. The first-order chi connectivity index (χ1) is 4.74. The summed E-state index contributed by atoms with van der Waals surface area (Å²) in [7, 11) is 0. The Morgan fingerprint density at radius 3 is 2.50 bits per heavy atom. The van der Waals surface area contributed by atoms with Crippen LogP contribution in [0.1, 0.15) is 20.3 Å². The molecule has 0 aromatic rings. The Morgan fingerprint density at radius 2 is 2.20 bits per heavy atom. The topological polar surface area (TPSA) is 12.0 Å². The zero-order valence-electron chi connectivity index (χ0n) is 7.05. The van der Waals surface area contributed by atoms with Crippen LogP contribution in [0.4, 0.5) is 0 Å². The molecule has 0 aliphatic carbocycles. The molecule has 1 nitrogen and oxygen atoms in total. The third-order valence-electron chi connectivity index (χ3n) is 2.26. The molecule has 1 aliphatic rings. The lowest BCUT2D eigenvalue weighted by atomic mass is 10.0. The first-order valence-corrected chi connectivity index (χ1v) is 5.29. The second-order valence-electron chi connectivity index (χ2n) is 3.35. The largest absolute Gasteiger partial charge is 0.313 e. The second-order valence-corrected chi connectivity index (χ2v) is 4.49. The summed E-state index contributed by atoms with van der Waals surface area (Å²) in [6.07, 6.45) is 3.56. The van der Waals surface area contributed by atoms with Gasteiger partial charge in [-0.3, -0.25) is 0 Å². The van der Waals surface area contributed by atoms with Crippen molar-refractivity contribution < 1.29 is 0 Å². The summed E-state index contributed by atoms with van der Waals surface area (Å²) < 4.78 is 0. The molecule has 0 radical (unpaired) electrons. The molecule has 2 atom stereocenters. The molecule has 1 heterocycles. The van der Waals surface area contributed by atoms with E-state index in [1.165, 1.54) is 13.0 Å². The van der Waals surface area contributed by atoms with E-state index in [9.17, 15) is 0 Å². The maximum absolute atomic E-state index is 3.54. The van der Waals surface area contributed by atoms with Crippen molar-refractivity contribution in [3.63, 3.8) is 0 Å². The van der Waals surface area contributed by atoms with Gasteiger partial charge in [-0.05, 0) is 18.6 Å². The van der Waals surface area contributed by atoms with Crippen molar-refractivity contribution in [2.24, 2.45) is 5.92 Å². The average molecular weight is 159 g/mol. The summed E-state index contributed by atoms with van der Waals surface area (Å²) in [5.41, 5.74) is 0. The highest BCUT2D eigenvalue weighted by atomic mass is 32.2. The van der Waals surface area contributed by atoms with Crippen molar-refractivity contribution in [1.29, 1.82) is 0 Å². The Bertz CT molecular complexity index is 103. The third kappa shape index (κ3) is 1.89. The number of thioether (sulfide) groups is 1. The Balaban J connectivity index is 2.28. The predicted molar refractivity (Wildman–Crippen MR) is 48.5 cm³/mol. The molecule has 0 aromatic heterocycles. The van der Waals surface area contributed by atoms with Crippen molar-refractivity contribution in [2.75, 3.05) is 12.8 Å². The lowest BCUT2D eigenvalue weighted by molar-refractivity contribution is 0.453. The summed E-state index contributed by atoms with van der Waals surface area (Å²) in [4.78, 5) is 0. The van der Waals surface area contributed by atoms with E-state index in [-0.39, 0.29) is 0 Å². The molecule has 1 saturated heterocycles. The summed E-state index contributed by atoms with van der Waals surface area (Å²) in [6.45, 7) is 5.80. The Kier molecular flexibility index (Phi) is 3.05. The molecule has 0 amide bonds. The minimum atomic E-state index is 0.775. The zero-order chi connectivity index (χ0) is 7.56. The van der Waals surface area contributed by atoms with Gasteiger partial charge in [-0.2, -0.15) is 11.8 Å². The van der Waals surface area contributed by atoms with Crippen LogP contribution in [-0.2, 0) is 0 Å². The van der Waals surface area contributed by atoms with Gasteiger partial charge in [0.2, 0.25) is 0 Å². The van der Waals surface area contributed by atoms with Gasteiger partial charge >= 0.3 is 0 Å². The van der Waals surface area contributed by atoms with Crippen molar-refractivity contribution in [3.05, 3.63) is 0 Å². The van der Waals surface area contributed by atoms with Gasteiger partial charge in [-0.15, -0.1) is 0 Å². The van der Waals surface area contributed by atoms with Crippen LogP contribution in [0.5, 0.6) is 0 Å². The van der Waals surface area contributed by atoms with Gasteiger partial charge in [0.1, 0.15) is 0 Å². The van der Waals surface area contributed by atoms with Gasteiger partial charge < -0.3 is 5.32 Å². The molecule has 1 fully saturated rings. The second kappa shape index (κ2) is 3.63. The minimum absolute atomic E-state index is 0.775. The molecule has 10 heavy (non-hydrogen) atoms. The molecular weight excluding hydrogens is 142 g/mol. The number of hydrogen-bond acceptors (Lipinski definition) is 2. The molecule has 0 spiro atoms. The quantitative estimate of drug-likeness (QED) is 0.658. The van der Waals surface area contributed by atoms with E-state index < -0.39 is 0 Å². The molecule has 0 saturated carbocycles. The monoisotopic (exact) mass is 159 g/mol. The van der Waals surface area contributed by atoms with Crippen LogP contribution in [0.2, 0.25) is 0 Å². The van der Waals surface area contributed by atoms with Crippen molar-refractivity contribution >= 4 is 11.8 Å². The van der Waals surface area contributed by atoms with E-state index in [1.807, 2.05) is 11.8 Å². The van der Waals surface area contributed by atoms with Crippen LogP contribution in [0.15, 0.2) is 0 Å². The molecule has 2 unspecified atom stereocenters. The van der Waals surface area contributed by atoms with Crippen LogP contribution in [0.3, 0.4) is 0 Å². The lowest BCUT2D eigenvalue weighted by Gasteiger charge is -2.13. The zero-order valence-corrected chi connectivity index (χ0v) is 7.87. The number of hydrogen-bond donors (Lipinski definition) is 1. The standard InChI is InChI=1S/C8H17NS/c1-6(2)8-4-7(10-3)5-9-8/h6-9H,4-5H2,1-3H3. The smallest absolute Gasteiger partial charge is 0.0184 e. The molecule has 1 aliphatic heterocycles. The maximum Gasteiger partial charge on any atom is 0.0184 e. The SMILES string of the molecule is CSC1CNC(C(C)C)C1. The Labute approximate surface area is 68.0 Å². The summed E-state index contributed by atoms with van der Waals surface area (Å²) in [5, 5.41) is 4.40. The predicted octanol–water partition coefficient (Wildman–Crippen LogP) is 1.74. The summed E-state index contributed by atoms with van der Waals surface area (Å²) >= 11 is 1.99. The van der Waals surface area contributed by atoms with Gasteiger partial charge in [-0.25, -0.2) is 0 Å². The Hall–Kier alpha value is 0.310. The number of rotatable bonds is 2. The fourth-order valence-electron chi connectivity index (χ4n) is 1.42. The highest BCUT2D eigenvalue weighted by Crippen LogP contribution is 2.22. The molecular formula is C8H17NS. The van der Waals surface area contributed by atoms with Crippen molar-refractivity contribution in [3.8, 4) is 0 Å². The van der Waals surface area contributed by atoms with Gasteiger partial charge in [0.25, 0.3) is 0 Å². The van der Waals surface area contributed by atoms with Gasteiger partial charge in [0.15, 0.2) is 0 Å². The highest BCUT2D eigenvalue weighted by Gasteiger charge is 2.24. The van der Waals surface area contributed by atoms with E-state index in [1.54, 1.807) is 0 Å². The summed E-state index contributed by atoms with van der Waals surface area (Å²) in [6, 6.07) is 0.775. The van der Waals surface area contributed by atoms with Gasteiger partial charge in [0.05, 0.1) is 0 Å². The van der Waals surface area contributed by atoms with E-state index in [0.717, 1.165) is 17.2 Å². The molecule has 60 valence electrons. The number of nitrogens with one attached hydrogen (secondary N) is 1. The normalized spacial score (nSPS) is 33.6. The van der Waals surface area contributed by atoms with Crippen LogP contribution >= 0.6 is 11.8 Å². The minimum Gasteiger partial charge on any atom is -0.313 e. The molecule has 1 rings (SSSR count). The third-order valence-corrected chi connectivity index (χ3v) is 3.29. The van der Waals surface area contributed by atoms with E-state index in [0.29, 0.717) is 0 Å². The van der Waals surface area contributed by atoms with E-state index in [2.05, 4.69) is 25.4 Å². The summed E-state index contributed by atoms with van der Waals surface area (Å²) in [5.74, 6) is 0.803. The van der Waals surface area contributed by atoms with Crippen molar-refractivity contribution in [2.45, 2.75) is 31.6 Å². The maximum atomic E-state index is 3.54. The molecule has 2 heteroatoms. The van der Waals surface area contributed by atoms with Gasteiger partial charge in [0, 0.05) is 17.8 Å². The van der Waals surface area contributed by atoms with Crippen molar-refractivity contribution in [1.82, 2.24) is 5.32 Å².